The van der Waals surface area contributed by atoms with Crippen LogP contribution in [0.5, 0.6) is 0 Å². The summed E-state index contributed by atoms with van der Waals surface area (Å²) in [4.78, 5) is 31.8. The highest BCUT2D eigenvalue weighted by molar-refractivity contribution is 5.92. The Balaban J connectivity index is 1.46. The lowest BCUT2D eigenvalue weighted by Crippen LogP contribution is -2.62. The normalized spacial score (nSPS) is 23.0. The molecule has 126 valence electrons. The summed E-state index contributed by atoms with van der Waals surface area (Å²) in [5.74, 6) is -0.0973. The van der Waals surface area contributed by atoms with E-state index in [0.29, 0.717) is 6.54 Å². The Morgan fingerprint density at radius 3 is 2.64 bits per heavy atom. The molecule has 1 unspecified atom stereocenters. The van der Waals surface area contributed by atoms with Crippen molar-refractivity contribution in [3.63, 3.8) is 0 Å². The van der Waals surface area contributed by atoms with Crippen LogP contribution in [0.15, 0.2) is 61.1 Å². The van der Waals surface area contributed by atoms with Gasteiger partial charge in [0.05, 0.1) is 12.6 Å². The van der Waals surface area contributed by atoms with Crippen molar-refractivity contribution in [3.8, 4) is 0 Å². The number of amides is 2. The average Bonchev–Trinajstić information content (AvgIpc) is 3.03. The minimum atomic E-state index is -0.473. The van der Waals surface area contributed by atoms with Crippen LogP contribution >= 0.6 is 0 Å². The van der Waals surface area contributed by atoms with Gasteiger partial charge in [0.2, 0.25) is 0 Å². The topological polar surface area (TPSA) is 62.7 Å². The number of likely N-dealkylation sites (tertiary alicyclic amines) is 1. The number of rotatable bonds is 4. The minimum absolute atomic E-state index is 0.0973. The largest absolute Gasteiger partial charge is 0.447 e. The van der Waals surface area contributed by atoms with Gasteiger partial charge in [0.25, 0.3) is 5.91 Å². The highest BCUT2D eigenvalue weighted by Gasteiger charge is 2.48. The van der Waals surface area contributed by atoms with E-state index < -0.39 is 12.1 Å². The summed E-state index contributed by atoms with van der Waals surface area (Å²) < 4.78 is 5.19. The Kier molecular flexibility index (Phi) is 3.93. The van der Waals surface area contributed by atoms with Crippen molar-refractivity contribution >= 4 is 18.1 Å². The molecule has 25 heavy (non-hydrogen) atoms. The molecule has 0 radical (unpaired) electrons. The second-order valence-corrected chi connectivity index (χ2v) is 6.02. The number of hydrogen-bond donors (Lipinski definition) is 0. The summed E-state index contributed by atoms with van der Waals surface area (Å²) in [7, 11) is 0. The van der Waals surface area contributed by atoms with Crippen LogP contribution in [0.1, 0.15) is 17.2 Å². The van der Waals surface area contributed by atoms with Gasteiger partial charge in [-0.15, -0.1) is 0 Å². The van der Waals surface area contributed by atoms with Crippen molar-refractivity contribution in [1.82, 2.24) is 14.8 Å². The van der Waals surface area contributed by atoms with Gasteiger partial charge >= 0.3 is 6.09 Å². The molecule has 2 aliphatic heterocycles. The highest BCUT2D eigenvalue weighted by atomic mass is 16.6. The van der Waals surface area contributed by atoms with Crippen molar-refractivity contribution in [2.75, 3.05) is 13.2 Å². The lowest BCUT2D eigenvalue weighted by Gasteiger charge is -2.41. The van der Waals surface area contributed by atoms with E-state index in [1.165, 1.54) is 0 Å². The molecule has 2 fully saturated rings. The summed E-state index contributed by atoms with van der Waals surface area (Å²) in [6, 6.07) is 12.7. The number of pyridine rings is 1. The molecule has 6 heteroatoms. The van der Waals surface area contributed by atoms with Crippen LogP contribution in [0.25, 0.3) is 6.08 Å². The molecule has 4 rings (SSSR count). The van der Waals surface area contributed by atoms with Gasteiger partial charge in [0.1, 0.15) is 12.6 Å². The first-order valence-electron chi connectivity index (χ1n) is 8.13. The zero-order chi connectivity index (χ0) is 17.2. The summed E-state index contributed by atoms with van der Waals surface area (Å²) in [5, 5.41) is 0. The average molecular weight is 335 g/mol. The number of benzene rings is 1. The second-order valence-electron chi connectivity index (χ2n) is 6.02. The lowest BCUT2D eigenvalue weighted by atomic mass is 10.0. The number of β-lactam (4-membered cyclic amide) rings is 1. The first kappa shape index (κ1) is 15.4. The standard InChI is InChI=1S/C19H17N3O3/c23-18-16(12-21(18)10-8-14-5-4-9-20-11-14)22-17(13-25-19(22)24)15-6-2-1-3-7-15/h1-11,16-17H,12-13H2/t16?,17-/m1/s1. The summed E-state index contributed by atoms with van der Waals surface area (Å²) in [5.41, 5.74) is 1.90. The summed E-state index contributed by atoms with van der Waals surface area (Å²) >= 11 is 0. The van der Waals surface area contributed by atoms with E-state index in [2.05, 4.69) is 4.98 Å². The fourth-order valence-corrected chi connectivity index (χ4v) is 3.13. The van der Waals surface area contributed by atoms with Crippen molar-refractivity contribution in [2.45, 2.75) is 12.1 Å². The van der Waals surface area contributed by atoms with Gasteiger partial charge < -0.3 is 9.64 Å². The molecule has 0 saturated carbocycles. The molecular weight excluding hydrogens is 318 g/mol. The molecule has 0 bridgehead atoms. The molecule has 0 spiro atoms. The molecule has 2 atom stereocenters. The first-order valence-corrected chi connectivity index (χ1v) is 8.13. The summed E-state index contributed by atoms with van der Waals surface area (Å²) in [6.07, 6.45) is 6.56. The van der Waals surface area contributed by atoms with E-state index in [1.54, 1.807) is 28.4 Å². The Morgan fingerprint density at radius 1 is 1.08 bits per heavy atom. The Hall–Kier alpha value is -3.15. The second kappa shape index (κ2) is 6.39. The highest BCUT2D eigenvalue weighted by Crippen LogP contribution is 2.33. The van der Waals surface area contributed by atoms with E-state index in [1.807, 2.05) is 48.5 Å². The number of carbonyl (C=O) groups is 2. The zero-order valence-electron chi connectivity index (χ0n) is 13.5. The van der Waals surface area contributed by atoms with Crippen molar-refractivity contribution in [1.29, 1.82) is 0 Å². The molecular formula is C19H17N3O3. The van der Waals surface area contributed by atoms with Gasteiger partial charge in [-0.05, 0) is 23.3 Å². The van der Waals surface area contributed by atoms with Crippen molar-refractivity contribution in [2.24, 2.45) is 0 Å². The van der Waals surface area contributed by atoms with Gasteiger partial charge in [0, 0.05) is 18.6 Å². The van der Waals surface area contributed by atoms with Crippen LogP contribution in [0.2, 0.25) is 0 Å². The van der Waals surface area contributed by atoms with Crippen LogP contribution in [-0.4, -0.2) is 46.0 Å². The quantitative estimate of drug-likeness (QED) is 0.805. The lowest BCUT2D eigenvalue weighted by molar-refractivity contribution is -0.144. The first-order chi connectivity index (χ1) is 12.2. The van der Waals surface area contributed by atoms with Gasteiger partial charge in [0.15, 0.2) is 0 Å². The molecule has 0 N–H and O–H groups in total. The Morgan fingerprint density at radius 2 is 1.92 bits per heavy atom. The molecule has 2 aromatic rings. The predicted octanol–water partition coefficient (Wildman–Crippen LogP) is 2.46. The third kappa shape index (κ3) is 2.87. The molecule has 6 nitrogen and oxygen atoms in total. The molecule has 1 aromatic carbocycles. The zero-order valence-corrected chi connectivity index (χ0v) is 13.5. The van der Waals surface area contributed by atoms with Crippen molar-refractivity contribution in [3.05, 3.63) is 72.2 Å². The third-order valence-corrected chi connectivity index (χ3v) is 4.50. The fourth-order valence-electron chi connectivity index (χ4n) is 3.13. The van der Waals surface area contributed by atoms with Gasteiger partial charge in [-0.3, -0.25) is 14.7 Å². The van der Waals surface area contributed by atoms with Crippen LogP contribution < -0.4 is 0 Å². The smallest absolute Gasteiger partial charge is 0.411 e. The minimum Gasteiger partial charge on any atom is -0.447 e. The molecule has 2 aliphatic rings. The van der Waals surface area contributed by atoms with Gasteiger partial charge in [-0.1, -0.05) is 36.4 Å². The number of carbonyl (C=O) groups excluding carboxylic acids is 2. The van der Waals surface area contributed by atoms with Crippen LogP contribution in [-0.2, 0) is 9.53 Å². The number of ether oxygens (including phenoxy) is 1. The van der Waals surface area contributed by atoms with E-state index in [-0.39, 0.29) is 18.6 Å². The third-order valence-electron chi connectivity index (χ3n) is 4.50. The van der Waals surface area contributed by atoms with E-state index >= 15 is 0 Å². The number of nitrogens with zero attached hydrogens (tertiary/aromatic N) is 3. The number of cyclic esters (lactones) is 1. The molecule has 0 aliphatic carbocycles. The van der Waals surface area contributed by atoms with Gasteiger partial charge in [-0.25, -0.2) is 4.79 Å². The maximum Gasteiger partial charge on any atom is 0.411 e. The Bertz CT molecular complexity index is 807. The fraction of sp³-hybridized carbons (Fsp3) is 0.211. The van der Waals surface area contributed by atoms with Crippen LogP contribution in [0.4, 0.5) is 4.79 Å². The summed E-state index contributed by atoms with van der Waals surface area (Å²) in [6.45, 7) is 0.742. The van der Waals surface area contributed by atoms with Gasteiger partial charge in [-0.2, -0.15) is 0 Å². The van der Waals surface area contributed by atoms with Crippen LogP contribution in [0.3, 0.4) is 0 Å². The van der Waals surface area contributed by atoms with Crippen LogP contribution in [0, 0.1) is 0 Å². The molecule has 1 aromatic heterocycles. The maximum absolute atomic E-state index is 12.5. The molecule has 2 saturated heterocycles. The van der Waals surface area contributed by atoms with Crippen molar-refractivity contribution < 1.29 is 14.3 Å². The predicted molar refractivity (Wildman–Crippen MR) is 91.1 cm³/mol. The maximum atomic E-state index is 12.5. The monoisotopic (exact) mass is 335 g/mol. The van der Waals surface area contributed by atoms with E-state index in [9.17, 15) is 9.59 Å². The number of hydrogen-bond acceptors (Lipinski definition) is 4. The SMILES string of the molecule is O=C1C(N2C(=O)OC[C@@H]2c2ccccc2)CN1C=Cc1cccnc1. The molecule has 2 amide bonds. The molecule has 3 heterocycles. The van der Waals surface area contributed by atoms with E-state index in [0.717, 1.165) is 11.1 Å². The Labute approximate surface area is 145 Å². The van der Waals surface area contributed by atoms with E-state index in [4.69, 9.17) is 4.74 Å². The number of aromatic nitrogens is 1.